The van der Waals surface area contributed by atoms with Crippen LogP contribution >= 0.6 is 0 Å². The van der Waals surface area contributed by atoms with Gasteiger partial charge in [0.15, 0.2) is 0 Å². The smallest absolute Gasteiger partial charge is 0.127 e. The second-order valence-corrected chi connectivity index (χ2v) is 4.83. The summed E-state index contributed by atoms with van der Waals surface area (Å²) in [5.41, 5.74) is 2.92. The van der Waals surface area contributed by atoms with Crippen LogP contribution in [0.2, 0.25) is 0 Å². The summed E-state index contributed by atoms with van der Waals surface area (Å²) in [7, 11) is 0. The lowest BCUT2D eigenvalue weighted by Crippen LogP contribution is -2.13. The van der Waals surface area contributed by atoms with Crippen LogP contribution in [0.1, 0.15) is 11.1 Å². The fourth-order valence-electron chi connectivity index (χ4n) is 2.18. The molecule has 3 aromatic rings. The zero-order valence-corrected chi connectivity index (χ0v) is 11.5. The molecule has 1 heterocycles. The molecule has 0 bridgehead atoms. The highest BCUT2D eigenvalue weighted by Crippen LogP contribution is 2.10. The maximum absolute atomic E-state index is 13.5. The highest BCUT2D eigenvalue weighted by atomic mass is 19.1. The van der Waals surface area contributed by atoms with Gasteiger partial charge in [0.05, 0.1) is 6.33 Å². The van der Waals surface area contributed by atoms with Crippen molar-refractivity contribution in [1.29, 1.82) is 0 Å². The van der Waals surface area contributed by atoms with Crippen molar-refractivity contribution >= 4 is 0 Å². The number of imidazole rings is 1. The van der Waals surface area contributed by atoms with E-state index in [1.54, 1.807) is 24.7 Å². The third kappa shape index (κ3) is 3.35. The summed E-state index contributed by atoms with van der Waals surface area (Å²) in [5, 5.41) is 3.25. The molecule has 2 aromatic carbocycles. The fourth-order valence-corrected chi connectivity index (χ4v) is 2.18. The lowest BCUT2D eigenvalue weighted by molar-refractivity contribution is 0.588. The molecule has 0 fully saturated rings. The van der Waals surface area contributed by atoms with Crippen molar-refractivity contribution < 1.29 is 4.39 Å². The minimum absolute atomic E-state index is 0.166. The van der Waals surface area contributed by atoms with E-state index in [9.17, 15) is 4.39 Å². The largest absolute Gasteiger partial charge is 0.309 e. The topological polar surface area (TPSA) is 29.9 Å². The molecule has 3 nitrogen and oxygen atoms in total. The van der Waals surface area contributed by atoms with Crippen molar-refractivity contribution in [3.8, 4) is 5.69 Å². The van der Waals surface area contributed by atoms with E-state index in [4.69, 9.17) is 0 Å². The molecule has 0 amide bonds. The SMILES string of the molecule is Fc1ccccc1CNCc1ccc(-n2ccnc2)cc1. The highest BCUT2D eigenvalue weighted by Gasteiger charge is 2.00. The van der Waals surface area contributed by atoms with Gasteiger partial charge < -0.3 is 9.88 Å². The Morgan fingerprint density at radius 2 is 1.81 bits per heavy atom. The molecule has 0 unspecified atom stereocenters. The number of rotatable bonds is 5. The molecule has 0 aliphatic rings. The first-order valence-corrected chi connectivity index (χ1v) is 6.84. The summed E-state index contributed by atoms with van der Waals surface area (Å²) in [4.78, 5) is 4.03. The van der Waals surface area contributed by atoms with Gasteiger partial charge in [0, 0.05) is 36.7 Å². The first-order valence-electron chi connectivity index (χ1n) is 6.84. The normalized spacial score (nSPS) is 10.7. The molecule has 3 rings (SSSR count). The monoisotopic (exact) mass is 281 g/mol. The van der Waals surface area contributed by atoms with Crippen LogP contribution in [0.3, 0.4) is 0 Å². The van der Waals surface area contributed by atoms with Crippen LogP contribution in [-0.2, 0) is 13.1 Å². The molecule has 4 heteroatoms. The summed E-state index contributed by atoms with van der Waals surface area (Å²) < 4.78 is 15.4. The Labute approximate surface area is 123 Å². The molecule has 0 radical (unpaired) electrons. The third-order valence-corrected chi connectivity index (χ3v) is 3.34. The lowest BCUT2D eigenvalue weighted by Gasteiger charge is -2.07. The van der Waals surface area contributed by atoms with Crippen molar-refractivity contribution in [2.45, 2.75) is 13.1 Å². The van der Waals surface area contributed by atoms with E-state index in [-0.39, 0.29) is 5.82 Å². The molecule has 1 N–H and O–H groups in total. The van der Waals surface area contributed by atoms with Crippen molar-refractivity contribution in [3.63, 3.8) is 0 Å². The van der Waals surface area contributed by atoms with Crippen LogP contribution in [0.5, 0.6) is 0 Å². The molecule has 106 valence electrons. The number of nitrogens with one attached hydrogen (secondary N) is 1. The molecule has 0 saturated carbocycles. The zero-order valence-electron chi connectivity index (χ0n) is 11.5. The third-order valence-electron chi connectivity index (χ3n) is 3.34. The molecule has 0 aliphatic heterocycles. The number of nitrogens with zero attached hydrogens (tertiary/aromatic N) is 2. The standard InChI is InChI=1S/C17H16FN3/c18-17-4-2-1-3-15(17)12-20-11-14-5-7-16(8-6-14)21-10-9-19-13-21/h1-10,13,20H,11-12H2. The highest BCUT2D eigenvalue weighted by molar-refractivity contribution is 5.34. The predicted octanol–water partition coefficient (Wildman–Crippen LogP) is 3.30. The summed E-state index contributed by atoms with van der Waals surface area (Å²) in [6.07, 6.45) is 5.43. The predicted molar refractivity (Wildman–Crippen MR) is 80.5 cm³/mol. The van der Waals surface area contributed by atoms with Gasteiger partial charge >= 0.3 is 0 Å². The average Bonchev–Trinajstić information content (AvgIpc) is 3.04. The van der Waals surface area contributed by atoms with Crippen LogP contribution in [0, 0.1) is 5.82 Å². The second-order valence-electron chi connectivity index (χ2n) is 4.83. The summed E-state index contributed by atoms with van der Waals surface area (Å²) in [6.45, 7) is 1.23. The van der Waals surface area contributed by atoms with E-state index in [1.165, 1.54) is 6.07 Å². The van der Waals surface area contributed by atoms with Crippen LogP contribution < -0.4 is 5.32 Å². The van der Waals surface area contributed by atoms with E-state index in [2.05, 4.69) is 22.4 Å². The minimum Gasteiger partial charge on any atom is -0.309 e. The fraction of sp³-hybridized carbons (Fsp3) is 0.118. The Balaban J connectivity index is 1.58. The maximum atomic E-state index is 13.5. The van der Waals surface area contributed by atoms with Gasteiger partial charge in [0.25, 0.3) is 0 Å². The zero-order chi connectivity index (χ0) is 14.5. The molecule has 1 aromatic heterocycles. The van der Waals surface area contributed by atoms with E-state index in [0.717, 1.165) is 11.3 Å². The number of hydrogen-bond acceptors (Lipinski definition) is 2. The van der Waals surface area contributed by atoms with E-state index in [0.29, 0.717) is 18.7 Å². The molecular weight excluding hydrogens is 265 g/mol. The van der Waals surface area contributed by atoms with Crippen LogP contribution in [0.15, 0.2) is 67.3 Å². The number of aromatic nitrogens is 2. The first-order chi connectivity index (χ1) is 10.3. The maximum Gasteiger partial charge on any atom is 0.127 e. The number of halogens is 1. The van der Waals surface area contributed by atoms with Gasteiger partial charge in [-0.25, -0.2) is 9.37 Å². The molecular formula is C17H16FN3. The second kappa shape index (κ2) is 6.33. The van der Waals surface area contributed by atoms with Crippen LogP contribution in [0.4, 0.5) is 4.39 Å². The van der Waals surface area contributed by atoms with Gasteiger partial charge in [-0.1, -0.05) is 30.3 Å². The molecule has 0 aliphatic carbocycles. The van der Waals surface area contributed by atoms with Crippen molar-refractivity contribution in [3.05, 3.63) is 84.2 Å². The van der Waals surface area contributed by atoms with E-state index in [1.807, 2.05) is 29.0 Å². The summed E-state index contributed by atoms with van der Waals surface area (Å²) in [6, 6.07) is 15.0. The van der Waals surface area contributed by atoms with Gasteiger partial charge in [-0.15, -0.1) is 0 Å². The number of hydrogen-bond donors (Lipinski definition) is 1. The summed E-state index contributed by atoms with van der Waals surface area (Å²) in [5.74, 6) is -0.166. The van der Waals surface area contributed by atoms with Gasteiger partial charge in [-0.3, -0.25) is 0 Å². The van der Waals surface area contributed by atoms with Gasteiger partial charge in [-0.05, 0) is 23.8 Å². The molecule has 0 spiro atoms. The van der Waals surface area contributed by atoms with Crippen LogP contribution in [0.25, 0.3) is 5.69 Å². The van der Waals surface area contributed by atoms with E-state index >= 15 is 0 Å². The van der Waals surface area contributed by atoms with E-state index < -0.39 is 0 Å². The van der Waals surface area contributed by atoms with Crippen molar-refractivity contribution in [2.24, 2.45) is 0 Å². The van der Waals surface area contributed by atoms with Crippen LogP contribution in [-0.4, -0.2) is 9.55 Å². The van der Waals surface area contributed by atoms with Gasteiger partial charge in [0.2, 0.25) is 0 Å². The Morgan fingerprint density at radius 1 is 1.00 bits per heavy atom. The summed E-state index contributed by atoms with van der Waals surface area (Å²) >= 11 is 0. The van der Waals surface area contributed by atoms with Gasteiger partial charge in [0.1, 0.15) is 5.82 Å². The quantitative estimate of drug-likeness (QED) is 0.777. The first kappa shape index (κ1) is 13.5. The molecule has 0 saturated heterocycles. The molecule has 21 heavy (non-hydrogen) atoms. The minimum atomic E-state index is -0.166. The molecule has 0 atom stereocenters. The number of benzene rings is 2. The Hall–Kier alpha value is -2.46. The lowest BCUT2D eigenvalue weighted by atomic mass is 10.2. The Morgan fingerprint density at radius 3 is 2.52 bits per heavy atom. The Kier molecular flexibility index (Phi) is 4.07. The Bertz CT molecular complexity index is 690. The van der Waals surface area contributed by atoms with Crippen molar-refractivity contribution in [2.75, 3.05) is 0 Å². The van der Waals surface area contributed by atoms with Gasteiger partial charge in [-0.2, -0.15) is 0 Å². The van der Waals surface area contributed by atoms with Crippen molar-refractivity contribution in [1.82, 2.24) is 14.9 Å². The average molecular weight is 281 g/mol.